The van der Waals surface area contributed by atoms with Gasteiger partial charge in [0.1, 0.15) is 11.5 Å². The summed E-state index contributed by atoms with van der Waals surface area (Å²) in [4.78, 5) is 11.8. The topological polar surface area (TPSA) is 72.5 Å². The zero-order valence-corrected chi connectivity index (χ0v) is 13.5. The Kier molecular flexibility index (Phi) is 4.73. The van der Waals surface area contributed by atoms with Crippen molar-refractivity contribution in [3.8, 4) is 11.5 Å². The van der Waals surface area contributed by atoms with E-state index < -0.39 is 15.9 Å². The molecule has 1 amide bonds. The Morgan fingerprint density at radius 1 is 1.14 bits per heavy atom. The molecular formula is C15H14ClNO4S. The van der Waals surface area contributed by atoms with Gasteiger partial charge in [0.15, 0.2) is 0 Å². The van der Waals surface area contributed by atoms with Gasteiger partial charge in [-0.1, -0.05) is 11.6 Å². The Morgan fingerprint density at radius 2 is 1.77 bits per heavy atom. The molecule has 116 valence electrons. The van der Waals surface area contributed by atoms with E-state index in [-0.39, 0.29) is 5.56 Å². The maximum atomic E-state index is 11.8. The summed E-state index contributed by atoms with van der Waals surface area (Å²) in [5.74, 6) is 0.503. The predicted molar refractivity (Wildman–Crippen MR) is 85.0 cm³/mol. The van der Waals surface area contributed by atoms with Crippen LogP contribution in [0.4, 0.5) is 0 Å². The van der Waals surface area contributed by atoms with Crippen LogP contribution in [0.1, 0.15) is 15.9 Å². The number of sulfonamides is 1. The van der Waals surface area contributed by atoms with Crippen LogP contribution in [0, 0.1) is 6.92 Å². The molecule has 1 N–H and O–H groups in total. The Labute approximate surface area is 133 Å². The third-order valence-corrected chi connectivity index (χ3v) is 3.56. The Morgan fingerprint density at radius 3 is 2.32 bits per heavy atom. The lowest BCUT2D eigenvalue weighted by molar-refractivity contribution is 0.0981. The molecule has 0 aliphatic carbocycles. The molecule has 0 radical (unpaired) electrons. The average molecular weight is 340 g/mol. The fourth-order valence-electron chi connectivity index (χ4n) is 1.76. The van der Waals surface area contributed by atoms with Gasteiger partial charge < -0.3 is 4.74 Å². The largest absolute Gasteiger partial charge is 0.457 e. The van der Waals surface area contributed by atoms with Gasteiger partial charge in [0.2, 0.25) is 10.0 Å². The highest BCUT2D eigenvalue weighted by atomic mass is 35.5. The maximum Gasteiger partial charge on any atom is 0.264 e. The number of nitrogens with one attached hydrogen (secondary N) is 1. The van der Waals surface area contributed by atoms with E-state index >= 15 is 0 Å². The van der Waals surface area contributed by atoms with E-state index in [1.54, 1.807) is 43.3 Å². The molecule has 0 aliphatic rings. The zero-order valence-electron chi connectivity index (χ0n) is 12.0. The van der Waals surface area contributed by atoms with Crippen molar-refractivity contribution in [2.24, 2.45) is 0 Å². The molecule has 2 rings (SSSR count). The number of hydrogen-bond donors (Lipinski definition) is 1. The number of benzene rings is 2. The van der Waals surface area contributed by atoms with Crippen LogP contribution in [0.2, 0.25) is 5.02 Å². The molecule has 0 aliphatic heterocycles. The number of hydrogen-bond acceptors (Lipinski definition) is 4. The highest BCUT2D eigenvalue weighted by Crippen LogP contribution is 2.26. The summed E-state index contributed by atoms with van der Waals surface area (Å²) in [5, 5.41) is 0.608. The molecular weight excluding hydrogens is 326 g/mol. The maximum absolute atomic E-state index is 11.8. The monoisotopic (exact) mass is 339 g/mol. The molecule has 7 heteroatoms. The molecule has 5 nitrogen and oxygen atoms in total. The number of aryl methyl sites for hydroxylation is 1. The summed E-state index contributed by atoms with van der Waals surface area (Å²) in [7, 11) is -3.59. The van der Waals surface area contributed by atoms with Gasteiger partial charge >= 0.3 is 0 Å². The van der Waals surface area contributed by atoms with Crippen LogP contribution in [-0.4, -0.2) is 20.6 Å². The zero-order chi connectivity index (χ0) is 16.3. The minimum absolute atomic E-state index is 0.242. The number of carbonyl (C=O) groups excluding carboxylic acids is 1. The first-order valence-corrected chi connectivity index (χ1v) is 8.58. The SMILES string of the molecule is Cc1cc(C(=O)NS(C)(=O)=O)ccc1Oc1ccc(Cl)cc1. The van der Waals surface area contributed by atoms with E-state index in [0.717, 1.165) is 6.26 Å². The highest BCUT2D eigenvalue weighted by Gasteiger charge is 2.12. The summed E-state index contributed by atoms with van der Waals surface area (Å²) in [6.45, 7) is 1.77. The Hall–Kier alpha value is -2.05. The number of amides is 1. The lowest BCUT2D eigenvalue weighted by Gasteiger charge is -2.10. The quantitative estimate of drug-likeness (QED) is 0.928. The van der Waals surface area contributed by atoms with Crippen LogP contribution in [0.3, 0.4) is 0 Å². The van der Waals surface area contributed by atoms with Gasteiger partial charge in [0.05, 0.1) is 6.26 Å². The van der Waals surface area contributed by atoms with Gasteiger partial charge in [-0.2, -0.15) is 0 Å². The minimum Gasteiger partial charge on any atom is -0.457 e. The summed E-state index contributed by atoms with van der Waals surface area (Å²) < 4.78 is 29.7. The fraction of sp³-hybridized carbons (Fsp3) is 0.133. The van der Waals surface area contributed by atoms with E-state index in [1.807, 2.05) is 4.72 Å². The predicted octanol–water partition coefficient (Wildman–Crippen LogP) is 3.13. The van der Waals surface area contributed by atoms with Crippen molar-refractivity contribution in [2.45, 2.75) is 6.92 Å². The van der Waals surface area contributed by atoms with Crippen molar-refractivity contribution in [1.29, 1.82) is 0 Å². The minimum atomic E-state index is -3.59. The fourth-order valence-corrected chi connectivity index (χ4v) is 2.34. The number of rotatable bonds is 4. The molecule has 22 heavy (non-hydrogen) atoms. The van der Waals surface area contributed by atoms with Crippen molar-refractivity contribution in [3.63, 3.8) is 0 Å². The molecule has 0 heterocycles. The lowest BCUT2D eigenvalue weighted by Crippen LogP contribution is -2.29. The van der Waals surface area contributed by atoms with Crippen LogP contribution >= 0.6 is 11.6 Å². The van der Waals surface area contributed by atoms with E-state index in [9.17, 15) is 13.2 Å². The molecule has 0 spiro atoms. The van der Waals surface area contributed by atoms with Crippen molar-refractivity contribution in [2.75, 3.05) is 6.26 Å². The molecule has 0 atom stereocenters. The van der Waals surface area contributed by atoms with E-state index in [2.05, 4.69) is 0 Å². The first kappa shape index (κ1) is 16.3. The smallest absolute Gasteiger partial charge is 0.264 e. The molecule has 2 aromatic rings. The normalized spacial score (nSPS) is 11.0. The van der Waals surface area contributed by atoms with Gasteiger partial charge in [0, 0.05) is 10.6 Å². The second kappa shape index (κ2) is 6.37. The average Bonchev–Trinajstić information content (AvgIpc) is 2.41. The van der Waals surface area contributed by atoms with Gasteiger partial charge in [-0.3, -0.25) is 4.79 Å². The number of carbonyl (C=O) groups is 1. The van der Waals surface area contributed by atoms with Crippen LogP contribution in [0.25, 0.3) is 0 Å². The van der Waals surface area contributed by atoms with Gasteiger partial charge in [0.25, 0.3) is 5.91 Å². The molecule has 0 saturated carbocycles. The number of ether oxygens (including phenoxy) is 1. The first-order chi connectivity index (χ1) is 10.2. The third-order valence-electron chi connectivity index (χ3n) is 2.76. The van der Waals surface area contributed by atoms with Crippen molar-refractivity contribution < 1.29 is 17.9 Å². The Bertz CT molecular complexity index is 801. The summed E-state index contributed by atoms with van der Waals surface area (Å²) in [5.41, 5.74) is 0.947. The van der Waals surface area contributed by atoms with Gasteiger partial charge in [-0.05, 0) is 55.0 Å². The first-order valence-electron chi connectivity index (χ1n) is 6.31. The second-order valence-corrected chi connectivity index (χ2v) is 6.92. The molecule has 2 aromatic carbocycles. The van der Waals surface area contributed by atoms with Crippen molar-refractivity contribution >= 4 is 27.5 Å². The van der Waals surface area contributed by atoms with Crippen LogP contribution in [-0.2, 0) is 10.0 Å². The third kappa shape index (κ3) is 4.47. The van der Waals surface area contributed by atoms with E-state index in [1.165, 1.54) is 6.07 Å². The summed E-state index contributed by atoms with van der Waals surface area (Å²) in [6.07, 6.45) is 0.926. The number of halogens is 1. The van der Waals surface area contributed by atoms with E-state index in [4.69, 9.17) is 16.3 Å². The molecule has 0 fully saturated rings. The second-order valence-electron chi connectivity index (χ2n) is 4.74. The van der Waals surface area contributed by atoms with Gasteiger partial charge in [-0.15, -0.1) is 0 Å². The van der Waals surface area contributed by atoms with Crippen LogP contribution < -0.4 is 9.46 Å². The molecule has 0 unspecified atom stereocenters. The van der Waals surface area contributed by atoms with Gasteiger partial charge in [-0.25, -0.2) is 13.1 Å². The van der Waals surface area contributed by atoms with E-state index in [0.29, 0.717) is 22.1 Å². The molecule has 0 saturated heterocycles. The van der Waals surface area contributed by atoms with Crippen LogP contribution in [0.15, 0.2) is 42.5 Å². The van der Waals surface area contributed by atoms with Crippen molar-refractivity contribution in [1.82, 2.24) is 4.72 Å². The highest BCUT2D eigenvalue weighted by molar-refractivity contribution is 7.89. The molecule has 0 aromatic heterocycles. The van der Waals surface area contributed by atoms with Crippen molar-refractivity contribution in [3.05, 3.63) is 58.6 Å². The lowest BCUT2D eigenvalue weighted by atomic mass is 10.1. The Balaban J connectivity index is 2.19. The van der Waals surface area contributed by atoms with Crippen LogP contribution in [0.5, 0.6) is 11.5 Å². The molecule has 0 bridgehead atoms. The summed E-state index contributed by atoms with van der Waals surface area (Å²) in [6, 6.07) is 11.5. The standard InChI is InChI=1S/C15H14ClNO4S/c1-10-9-11(15(18)17-22(2,19)20)3-8-14(10)21-13-6-4-12(16)5-7-13/h3-9H,1-2H3,(H,17,18). The summed E-state index contributed by atoms with van der Waals surface area (Å²) >= 11 is 5.81.